The molecule has 0 aromatic heterocycles. The summed E-state index contributed by atoms with van der Waals surface area (Å²) in [5.41, 5.74) is 2.93. The van der Waals surface area contributed by atoms with E-state index in [9.17, 15) is 0 Å². The van der Waals surface area contributed by atoms with Gasteiger partial charge in [-0.2, -0.15) is 0 Å². The van der Waals surface area contributed by atoms with E-state index in [0.717, 1.165) is 12.2 Å². The third-order valence-electron chi connectivity index (χ3n) is 1.18. The average Bonchev–Trinajstić information content (AvgIpc) is 2.18. The summed E-state index contributed by atoms with van der Waals surface area (Å²) in [7, 11) is 1.94. The van der Waals surface area contributed by atoms with Crippen molar-refractivity contribution in [1.29, 1.82) is 0 Å². The van der Waals surface area contributed by atoms with Gasteiger partial charge < -0.3 is 0 Å². The summed E-state index contributed by atoms with van der Waals surface area (Å²) < 4.78 is 0. The maximum Gasteiger partial charge on any atom is 0.144 e. The molecule has 0 fully saturated rings. The molecular weight excluding hydrogens is 114 g/mol. The highest BCUT2D eigenvalue weighted by Crippen LogP contribution is 2.03. The van der Waals surface area contributed by atoms with E-state index in [1.54, 1.807) is 6.34 Å². The van der Waals surface area contributed by atoms with E-state index in [2.05, 4.69) is 23.4 Å². The van der Waals surface area contributed by atoms with Crippen LogP contribution in [0.2, 0.25) is 0 Å². The van der Waals surface area contributed by atoms with Gasteiger partial charge in [0.2, 0.25) is 0 Å². The second kappa shape index (κ2) is 2.53. The van der Waals surface area contributed by atoms with E-state index < -0.39 is 0 Å². The molecule has 0 spiro atoms. The van der Waals surface area contributed by atoms with E-state index in [4.69, 9.17) is 0 Å². The van der Waals surface area contributed by atoms with Crippen LogP contribution in [-0.4, -0.2) is 18.4 Å². The van der Waals surface area contributed by atoms with Crippen molar-refractivity contribution in [3.05, 3.63) is 11.9 Å². The number of allylic oxidation sites excluding steroid dienone is 1. The maximum absolute atomic E-state index is 4.06. The molecule has 0 radical (unpaired) electrons. The van der Waals surface area contributed by atoms with Crippen LogP contribution < -0.4 is 5.43 Å². The van der Waals surface area contributed by atoms with Gasteiger partial charge in [0, 0.05) is 7.05 Å². The SMILES string of the molecule is CC/C=C1/N=CNN1C. The molecule has 0 aliphatic carbocycles. The van der Waals surface area contributed by atoms with Crippen LogP contribution in [0.3, 0.4) is 0 Å². The zero-order valence-corrected chi connectivity index (χ0v) is 5.76. The molecule has 0 saturated heterocycles. The Hall–Kier alpha value is -0.990. The summed E-state index contributed by atoms with van der Waals surface area (Å²) in [5.74, 6) is 0.998. The Bertz CT molecular complexity index is 148. The Labute approximate surface area is 55.0 Å². The lowest BCUT2D eigenvalue weighted by atomic mass is 10.4. The zero-order valence-electron chi connectivity index (χ0n) is 5.76. The molecule has 0 amide bonds. The maximum atomic E-state index is 4.06. The van der Waals surface area contributed by atoms with Gasteiger partial charge in [-0.1, -0.05) is 6.92 Å². The summed E-state index contributed by atoms with van der Waals surface area (Å²) in [4.78, 5) is 4.06. The third kappa shape index (κ3) is 1.22. The largest absolute Gasteiger partial charge is 0.287 e. The molecule has 1 rings (SSSR count). The fourth-order valence-corrected chi connectivity index (χ4v) is 0.707. The van der Waals surface area contributed by atoms with Gasteiger partial charge in [0.15, 0.2) is 0 Å². The van der Waals surface area contributed by atoms with Gasteiger partial charge in [0.25, 0.3) is 0 Å². The lowest BCUT2D eigenvalue weighted by Gasteiger charge is -2.09. The molecule has 0 aromatic carbocycles. The Morgan fingerprint density at radius 3 is 3.11 bits per heavy atom. The van der Waals surface area contributed by atoms with Crippen LogP contribution in [0.15, 0.2) is 16.9 Å². The topological polar surface area (TPSA) is 27.6 Å². The molecule has 1 aliphatic rings. The third-order valence-corrected chi connectivity index (χ3v) is 1.18. The van der Waals surface area contributed by atoms with Gasteiger partial charge in [0.1, 0.15) is 12.2 Å². The standard InChI is InChI=1S/C6H11N3/c1-3-4-6-7-5-8-9(6)2/h4-5H,3H2,1-2H3,(H,7,8)/b6-4-. The van der Waals surface area contributed by atoms with Crippen LogP contribution in [0.4, 0.5) is 0 Å². The number of nitrogens with one attached hydrogen (secondary N) is 1. The first kappa shape index (κ1) is 6.13. The molecule has 0 bridgehead atoms. The lowest BCUT2D eigenvalue weighted by molar-refractivity contribution is 0.395. The number of nitrogens with zero attached hydrogens (tertiary/aromatic N) is 2. The number of aliphatic imine (C=N–C) groups is 1. The number of rotatable bonds is 1. The second-order valence-corrected chi connectivity index (χ2v) is 1.92. The molecule has 1 heterocycles. The van der Waals surface area contributed by atoms with Crippen molar-refractivity contribution in [2.75, 3.05) is 7.05 Å². The number of hydrogen-bond donors (Lipinski definition) is 1. The minimum atomic E-state index is 0.998. The highest BCUT2D eigenvalue weighted by atomic mass is 15.6. The molecule has 3 heteroatoms. The van der Waals surface area contributed by atoms with E-state index in [0.29, 0.717) is 0 Å². The molecule has 9 heavy (non-hydrogen) atoms. The van der Waals surface area contributed by atoms with E-state index >= 15 is 0 Å². The summed E-state index contributed by atoms with van der Waals surface area (Å²) in [6.07, 6.45) is 4.77. The van der Waals surface area contributed by atoms with Gasteiger partial charge >= 0.3 is 0 Å². The van der Waals surface area contributed by atoms with Crippen molar-refractivity contribution in [2.24, 2.45) is 4.99 Å². The first-order valence-electron chi connectivity index (χ1n) is 3.07. The Balaban J connectivity index is 2.58. The number of hydrazine groups is 1. The predicted molar refractivity (Wildman–Crippen MR) is 37.8 cm³/mol. The van der Waals surface area contributed by atoms with Gasteiger partial charge in [-0.3, -0.25) is 10.4 Å². The average molecular weight is 125 g/mol. The summed E-state index contributed by atoms with van der Waals surface area (Å²) >= 11 is 0. The van der Waals surface area contributed by atoms with Crippen molar-refractivity contribution >= 4 is 6.34 Å². The first-order valence-corrected chi connectivity index (χ1v) is 3.07. The lowest BCUT2D eigenvalue weighted by Crippen LogP contribution is -2.25. The second-order valence-electron chi connectivity index (χ2n) is 1.92. The van der Waals surface area contributed by atoms with Crippen molar-refractivity contribution in [3.8, 4) is 0 Å². The highest BCUT2D eigenvalue weighted by Gasteiger charge is 2.03. The normalized spacial score (nSPS) is 21.1. The molecule has 1 N–H and O–H groups in total. The van der Waals surface area contributed by atoms with Gasteiger partial charge in [-0.05, 0) is 12.5 Å². The zero-order chi connectivity index (χ0) is 6.69. The van der Waals surface area contributed by atoms with E-state index in [1.165, 1.54) is 0 Å². The van der Waals surface area contributed by atoms with Crippen molar-refractivity contribution in [1.82, 2.24) is 10.4 Å². The van der Waals surface area contributed by atoms with E-state index in [1.807, 2.05) is 12.1 Å². The molecule has 0 aromatic rings. The van der Waals surface area contributed by atoms with Crippen molar-refractivity contribution < 1.29 is 0 Å². The van der Waals surface area contributed by atoms with Crippen LogP contribution in [0.1, 0.15) is 13.3 Å². The highest BCUT2D eigenvalue weighted by molar-refractivity contribution is 5.58. The summed E-state index contributed by atoms with van der Waals surface area (Å²) in [5, 5.41) is 1.88. The summed E-state index contributed by atoms with van der Waals surface area (Å²) in [6, 6.07) is 0. The molecule has 3 nitrogen and oxygen atoms in total. The molecule has 0 unspecified atom stereocenters. The molecule has 50 valence electrons. The molecule has 0 atom stereocenters. The van der Waals surface area contributed by atoms with Crippen LogP contribution in [0.25, 0.3) is 0 Å². The van der Waals surface area contributed by atoms with Gasteiger partial charge in [-0.25, -0.2) is 4.99 Å². The van der Waals surface area contributed by atoms with Crippen molar-refractivity contribution in [2.45, 2.75) is 13.3 Å². The fourth-order valence-electron chi connectivity index (χ4n) is 0.707. The van der Waals surface area contributed by atoms with Crippen LogP contribution in [0.5, 0.6) is 0 Å². The minimum Gasteiger partial charge on any atom is -0.287 e. The Kier molecular flexibility index (Phi) is 1.72. The first-order chi connectivity index (χ1) is 4.34. The molecule has 0 saturated carbocycles. The quantitative estimate of drug-likeness (QED) is 0.559. The monoisotopic (exact) mass is 125 g/mol. The smallest absolute Gasteiger partial charge is 0.144 e. The van der Waals surface area contributed by atoms with Crippen molar-refractivity contribution in [3.63, 3.8) is 0 Å². The predicted octanol–water partition coefficient (Wildman–Crippen LogP) is 0.716. The van der Waals surface area contributed by atoms with Crippen LogP contribution in [-0.2, 0) is 0 Å². The Morgan fingerprint density at radius 1 is 1.89 bits per heavy atom. The Morgan fingerprint density at radius 2 is 2.67 bits per heavy atom. The summed E-state index contributed by atoms with van der Waals surface area (Å²) in [6.45, 7) is 2.09. The van der Waals surface area contributed by atoms with Crippen LogP contribution in [0, 0.1) is 0 Å². The molecular formula is C6H11N3. The minimum absolute atomic E-state index is 0.998. The van der Waals surface area contributed by atoms with Crippen LogP contribution >= 0.6 is 0 Å². The fraction of sp³-hybridized carbons (Fsp3) is 0.500. The van der Waals surface area contributed by atoms with E-state index in [-0.39, 0.29) is 0 Å². The molecule has 1 aliphatic heterocycles. The number of hydrogen-bond acceptors (Lipinski definition) is 3. The van der Waals surface area contributed by atoms with Gasteiger partial charge in [0.05, 0.1) is 0 Å². The van der Waals surface area contributed by atoms with Gasteiger partial charge in [-0.15, -0.1) is 0 Å².